The Bertz CT molecular complexity index is 938. The molecule has 6 heteroatoms. The average Bonchev–Trinajstić information content (AvgIpc) is 2.85. The summed E-state index contributed by atoms with van der Waals surface area (Å²) in [6, 6.07) is 15.6. The largest absolute Gasteiger partial charge is 0.497 e. The molecule has 2 aliphatic rings. The third-order valence-corrected chi connectivity index (χ3v) is 7.22. The van der Waals surface area contributed by atoms with E-state index in [0.29, 0.717) is 37.6 Å². The van der Waals surface area contributed by atoms with Gasteiger partial charge < -0.3 is 14.4 Å². The normalized spacial score (nSPS) is 21.6. The summed E-state index contributed by atoms with van der Waals surface area (Å²) in [5.41, 5.74) is 2.18. The van der Waals surface area contributed by atoms with E-state index in [9.17, 15) is 9.59 Å². The Morgan fingerprint density at radius 3 is 2.39 bits per heavy atom. The monoisotopic (exact) mass is 469 g/mol. The van der Waals surface area contributed by atoms with E-state index >= 15 is 0 Å². The Labute approximate surface area is 201 Å². The van der Waals surface area contributed by atoms with Crippen LogP contribution in [0, 0.1) is 11.8 Å². The van der Waals surface area contributed by atoms with Crippen LogP contribution in [-0.2, 0) is 20.7 Å². The first-order chi connectivity index (χ1) is 16.0. The fourth-order valence-electron chi connectivity index (χ4n) is 5.13. The summed E-state index contributed by atoms with van der Waals surface area (Å²) in [6.45, 7) is 2.66. The van der Waals surface area contributed by atoms with Crippen LogP contribution in [0.3, 0.4) is 0 Å². The number of hydrogen-bond donors (Lipinski definition) is 0. The van der Waals surface area contributed by atoms with E-state index in [4.69, 9.17) is 21.1 Å². The van der Waals surface area contributed by atoms with Crippen LogP contribution in [0.1, 0.15) is 42.7 Å². The van der Waals surface area contributed by atoms with Gasteiger partial charge in [0.05, 0.1) is 7.11 Å². The summed E-state index contributed by atoms with van der Waals surface area (Å²) in [5.74, 6) is 1.62. The van der Waals surface area contributed by atoms with E-state index in [1.807, 2.05) is 41.3 Å². The predicted octanol–water partition coefficient (Wildman–Crippen LogP) is 4.91. The Morgan fingerprint density at radius 1 is 1.03 bits per heavy atom. The number of rotatable bonds is 7. The minimum absolute atomic E-state index is 0.0432. The third-order valence-electron chi connectivity index (χ3n) is 6.96. The molecule has 0 bridgehead atoms. The zero-order valence-electron chi connectivity index (χ0n) is 19.2. The summed E-state index contributed by atoms with van der Waals surface area (Å²) < 4.78 is 10.7. The standard InChI is InChI=1S/C27H32ClNO4/c1-32-25-8-4-20(5-9-25)26-10-13-29(27(31)21-11-14-33-15-12-21)18-22(26)17-24(30)16-19-2-6-23(28)7-3-19/h2-9,21-22,26H,10-18H2,1H3/t22-,26?/m1/s1. The average molecular weight is 470 g/mol. The summed E-state index contributed by atoms with van der Waals surface area (Å²) >= 11 is 5.98. The van der Waals surface area contributed by atoms with Crippen molar-refractivity contribution in [3.8, 4) is 5.75 Å². The molecule has 2 heterocycles. The molecular weight excluding hydrogens is 438 g/mol. The molecule has 2 aromatic rings. The lowest BCUT2D eigenvalue weighted by Crippen LogP contribution is -2.47. The van der Waals surface area contributed by atoms with Crippen LogP contribution >= 0.6 is 11.6 Å². The van der Waals surface area contributed by atoms with E-state index in [2.05, 4.69) is 12.1 Å². The first-order valence-electron chi connectivity index (χ1n) is 11.8. The van der Waals surface area contributed by atoms with Gasteiger partial charge in [0, 0.05) is 50.1 Å². The number of benzene rings is 2. The van der Waals surface area contributed by atoms with Gasteiger partial charge in [-0.25, -0.2) is 0 Å². The zero-order chi connectivity index (χ0) is 23.2. The Morgan fingerprint density at radius 2 is 1.73 bits per heavy atom. The van der Waals surface area contributed by atoms with Crippen LogP contribution in [0.4, 0.5) is 0 Å². The second-order valence-corrected chi connectivity index (χ2v) is 9.58. The number of amides is 1. The number of ether oxygens (including phenoxy) is 2. The first-order valence-corrected chi connectivity index (χ1v) is 12.2. The van der Waals surface area contributed by atoms with Gasteiger partial charge in [-0.3, -0.25) is 9.59 Å². The molecule has 2 aromatic carbocycles. The fourth-order valence-corrected chi connectivity index (χ4v) is 5.25. The zero-order valence-corrected chi connectivity index (χ0v) is 19.9. The molecule has 0 radical (unpaired) electrons. The van der Waals surface area contributed by atoms with Gasteiger partial charge in [0.25, 0.3) is 0 Å². The van der Waals surface area contributed by atoms with Gasteiger partial charge in [0.15, 0.2) is 0 Å². The molecule has 4 rings (SSSR count). The van der Waals surface area contributed by atoms with Crippen molar-refractivity contribution >= 4 is 23.3 Å². The van der Waals surface area contributed by atoms with Crippen LogP contribution < -0.4 is 4.74 Å². The molecule has 33 heavy (non-hydrogen) atoms. The molecule has 2 fully saturated rings. The number of ketones is 1. The molecule has 2 saturated heterocycles. The smallest absolute Gasteiger partial charge is 0.225 e. The number of nitrogens with zero attached hydrogens (tertiary/aromatic N) is 1. The Kier molecular flexibility index (Phi) is 8.05. The van der Waals surface area contributed by atoms with Gasteiger partial charge in [0.2, 0.25) is 5.91 Å². The topological polar surface area (TPSA) is 55.8 Å². The molecule has 0 N–H and O–H groups in total. The molecule has 0 aromatic heterocycles. The number of halogens is 1. The van der Waals surface area contributed by atoms with Gasteiger partial charge in [-0.15, -0.1) is 0 Å². The van der Waals surface area contributed by atoms with Crippen LogP contribution in [-0.4, -0.2) is 50.0 Å². The lowest BCUT2D eigenvalue weighted by atomic mass is 9.77. The molecular formula is C27H32ClNO4. The first kappa shape index (κ1) is 23.8. The number of carbonyl (C=O) groups is 2. The van der Waals surface area contributed by atoms with E-state index in [-0.39, 0.29) is 29.4 Å². The maximum absolute atomic E-state index is 13.2. The van der Waals surface area contributed by atoms with Crippen molar-refractivity contribution in [3.05, 3.63) is 64.7 Å². The van der Waals surface area contributed by atoms with E-state index in [1.165, 1.54) is 5.56 Å². The number of methoxy groups -OCH3 is 1. The molecule has 2 atom stereocenters. The van der Waals surface area contributed by atoms with Crippen molar-refractivity contribution < 1.29 is 19.1 Å². The highest BCUT2D eigenvalue weighted by Crippen LogP contribution is 2.37. The van der Waals surface area contributed by atoms with Crippen molar-refractivity contribution in [2.45, 2.75) is 38.0 Å². The van der Waals surface area contributed by atoms with E-state index in [0.717, 1.165) is 37.1 Å². The summed E-state index contributed by atoms with van der Waals surface area (Å²) in [4.78, 5) is 28.2. The molecule has 0 spiro atoms. The van der Waals surface area contributed by atoms with Crippen LogP contribution in [0.2, 0.25) is 5.02 Å². The summed E-state index contributed by atoms with van der Waals surface area (Å²) in [6.07, 6.45) is 3.28. The predicted molar refractivity (Wildman–Crippen MR) is 129 cm³/mol. The number of piperidine rings is 1. The molecule has 1 amide bonds. The lowest BCUT2D eigenvalue weighted by molar-refractivity contribution is -0.141. The second kappa shape index (κ2) is 11.2. The Hall–Kier alpha value is -2.37. The van der Waals surface area contributed by atoms with Gasteiger partial charge in [0.1, 0.15) is 11.5 Å². The number of likely N-dealkylation sites (tertiary alicyclic amines) is 1. The van der Waals surface area contributed by atoms with Crippen LogP contribution in [0.25, 0.3) is 0 Å². The van der Waals surface area contributed by atoms with E-state index < -0.39 is 0 Å². The minimum atomic E-state index is 0.0432. The molecule has 176 valence electrons. The Balaban J connectivity index is 1.48. The quantitative estimate of drug-likeness (QED) is 0.578. The molecule has 0 saturated carbocycles. The van der Waals surface area contributed by atoms with Crippen LogP contribution in [0.5, 0.6) is 5.75 Å². The van der Waals surface area contributed by atoms with Crippen molar-refractivity contribution in [3.63, 3.8) is 0 Å². The minimum Gasteiger partial charge on any atom is -0.497 e. The summed E-state index contributed by atoms with van der Waals surface area (Å²) in [5, 5.41) is 0.667. The van der Waals surface area contributed by atoms with E-state index in [1.54, 1.807) is 7.11 Å². The lowest BCUT2D eigenvalue weighted by Gasteiger charge is -2.40. The highest BCUT2D eigenvalue weighted by Gasteiger charge is 2.36. The van der Waals surface area contributed by atoms with Crippen molar-refractivity contribution in [1.29, 1.82) is 0 Å². The van der Waals surface area contributed by atoms with Gasteiger partial charge >= 0.3 is 0 Å². The van der Waals surface area contributed by atoms with Crippen molar-refractivity contribution in [2.24, 2.45) is 11.8 Å². The highest BCUT2D eigenvalue weighted by molar-refractivity contribution is 6.30. The second-order valence-electron chi connectivity index (χ2n) is 9.15. The SMILES string of the molecule is COc1ccc(C2CCN(C(=O)C3CCOCC3)C[C@H]2CC(=O)Cc2ccc(Cl)cc2)cc1. The third kappa shape index (κ3) is 6.15. The molecule has 1 unspecified atom stereocenters. The van der Waals surface area contributed by atoms with Crippen molar-refractivity contribution in [1.82, 2.24) is 4.90 Å². The molecule has 5 nitrogen and oxygen atoms in total. The number of hydrogen-bond acceptors (Lipinski definition) is 4. The number of carbonyl (C=O) groups excluding carboxylic acids is 2. The van der Waals surface area contributed by atoms with Gasteiger partial charge in [-0.1, -0.05) is 35.9 Å². The fraction of sp³-hybridized carbons (Fsp3) is 0.481. The maximum Gasteiger partial charge on any atom is 0.225 e. The molecule has 2 aliphatic heterocycles. The van der Waals surface area contributed by atoms with Gasteiger partial charge in [-0.2, -0.15) is 0 Å². The number of Topliss-reactive ketones (excluding diaryl/α,β-unsaturated/α-hetero) is 1. The van der Waals surface area contributed by atoms with Crippen LogP contribution in [0.15, 0.2) is 48.5 Å². The highest BCUT2D eigenvalue weighted by atomic mass is 35.5. The molecule has 0 aliphatic carbocycles. The summed E-state index contributed by atoms with van der Waals surface area (Å²) in [7, 11) is 1.66. The maximum atomic E-state index is 13.2. The van der Waals surface area contributed by atoms with Gasteiger partial charge in [-0.05, 0) is 66.5 Å². The van der Waals surface area contributed by atoms with Crippen molar-refractivity contribution in [2.75, 3.05) is 33.4 Å².